The van der Waals surface area contributed by atoms with E-state index in [-0.39, 0.29) is 6.09 Å². The van der Waals surface area contributed by atoms with Crippen molar-refractivity contribution < 1.29 is 14.3 Å². The fraction of sp³-hybridized carbons (Fsp3) is 0.533. The first kappa shape index (κ1) is 17.4. The summed E-state index contributed by atoms with van der Waals surface area (Å²) in [4.78, 5) is 13.2. The molecule has 0 saturated heterocycles. The minimum Gasteiger partial charge on any atom is -0.490 e. The number of benzene rings is 1. The number of nitrogen functional groups attached to an aromatic ring is 1. The van der Waals surface area contributed by atoms with Crippen molar-refractivity contribution >= 4 is 23.4 Å². The highest BCUT2D eigenvalue weighted by atomic mass is 35.5. The van der Waals surface area contributed by atoms with Crippen LogP contribution in [0.2, 0.25) is 5.02 Å². The lowest BCUT2D eigenvalue weighted by molar-refractivity contribution is 0.0278. The largest absolute Gasteiger partial charge is 0.490 e. The summed E-state index contributed by atoms with van der Waals surface area (Å²) in [6.45, 7) is 8.04. The zero-order valence-electron chi connectivity index (χ0n) is 13.2. The summed E-state index contributed by atoms with van der Waals surface area (Å²) in [5.41, 5.74) is 6.77. The third kappa shape index (κ3) is 5.71. The van der Waals surface area contributed by atoms with Gasteiger partial charge in [-0.05, 0) is 39.3 Å². The van der Waals surface area contributed by atoms with E-state index in [4.69, 9.17) is 26.8 Å². The van der Waals surface area contributed by atoms with E-state index < -0.39 is 5.60 Å². The van der Waals surface area contributed by atoms with Crippen LogP contribution in [0.1, 0.15) is 26.3 Å². The molecule has 21 heavy (non-hydrogen) atoms. The van der Waals surface area contributed by atoms with Crippen molar-refractivity contribution in [3.8, 4) is 5.75 Å². The summed E-state index contributed by atoms with van der Waals surface area (Å²) in [5.74, 6) is 0.517. The van der Waals surface area contributed by atoms with Crippen LogP contribution in [0.5, 0.6) is 5.75 Å². The molecule has 0 aliphatic carbocycles. The molecule has 0 fully saturated rings. The molecule has 0 radical (unpaired) electrons. The van der Waals surface area contributed by atoms with Crippen molar-refractivity contribution in [2.24, 2.45) is 0 Å². The number of hydrogen-bond acceptors (Lipinski definition) is 4. The maximum absolute atomic E-state index is 11.8. The second-order valence-corrected chi connectivity index (χ2v) is 6.30. The number of halogens is 1. The highest BCUT2D eigenvalue weighted by molar-refractivity contribution is 6.31. The van der Waals surface area contributed by atoms with Crippen LogP contribution in [-0.2, 0) is 4.74 Å². The zero-order valence-corrected chi connectivity index (χ0v) is 14.0. The number of nitrogens with zero attached hydrogens (tertiary/aromatic N) is 1. The van der Waals surface area contributed by atoms with Crippen LogP contribution in [-0.4, -0.2) is 36.8 Å². The van der Waals surface area contributed by atoms with Crippen molar-refractivity contribution in [1.82, 2.24) is 4.90 Å². The van der Waals surface area contributed by atoms with Crippen LogP contribution in [0.25, 0.3) is 0 Å². The summed E-state index contributed by atoms with van der Waals surface area (Å²) in [5, 5.41) is 0.597. The molecule has 1 rings (SSSR count). The minimum absolute atomic E-state index is 0.305. The Morgan fingerprint density at radius 1 is 1.38 bits per heavy atom. The lowest BCUT2D eigenvalue weighted by atomic mass is 10.2. The molecule has 1 aromatic rings. The van der Waals surface area contributed by atoms with Gasteiger partial charge in [0.1, 0.15) is 18.0 Å². The number of ether oxygens (including phenoxy) is 2. The zero-order chi connectivity index (χ0) is 16.2. The van der Waals surface area contributed by atoms with Gasteiger partial charge in [0.2, 0.25) is 0 Å². The van der Waals surface area contributed by atoms with Crippen LogP contribution in [0.15, 0.2) is 12.1 Å². The standard InChI is InChI=1S/C15H23ClN2O3/c1-10-8-12(17)13(9-11(10)16)20-7-6-18(5)14(19)21-15(2,3)4/h8-9H,6-7,17H2,1-5H3. The Balaban J connectivity index is 2.50. The summed E-state index contributed by atoms with van der Waals surface area (Å²) >= 11 is 6.03. The van der Waals surface area contributed by atoms with Crippen molar-refractivity contribution in [2.45, 2.75) is 33.3 Å². The lowest BCUT2D eigenvalue weighted by Gasteiger charge is -2.24. The molecule has 118 valence electrons. The van der Waals surface area contributed by atoms with Crippen molar-refractivity contribution in [3.63, 3.8) is 0 Å². The van der Waals surface area contributed by atoms with Crippen molar-refractivity contribution in [2.75, 3.05) is 25.9 Å². The number of aryl methyl sites for hydroxylation is 1. The third-order valence-corrected chi connectivity index (χ3v) is 3.09. The van der Waals surface area contributed by atoms with E-state index in [1.54, 1.807) is 19.2 Å². The number of hydrogen-bond donors (Lipinski definition) is 1. The summed E-state index contributed by atoms with van der Waals surface area (Å²) in [6, 6.07) is 3.44. The van der Waals surface area contributed by atoms with Crippen LogP contribution in [0.4, 0.5) is 10.5 Å². The van der Waals surface area contributed by atoms with E-state index in [9.17, 15) is 4.79 Å². The van der Waals surface area contributed by atoms with E-state index in [1.165, 1.54) is 4.90 Å². The average Bonchev–Trinajstić information content (AvgIpc) is 2.33. The number of nitrogens with two attached hydrogens (primary N) is 1. The van der Waals surface area contributed by atoms with Gasteiger partial charge in [0.25, 0.3) is 0 Å². The van der Waals surface area contributed by atoms with Gasteiger partial charge in [0.05, 0.1) is 12.2 Å². The Morgan fingerprint density at radius 3 is 2.57 bits per heavy atom. The Labute approximate surface area is 131 Å². The first-order chi connectivity index (χ1) is 9.60. The van der Waals surface area contributed by atoms with Crippen LogP contribution in [0.3, 0.4) is 0 Å². The van der Waals surface area contributed by atoms with Crippen molar-refractivity contribution in [1.29, 1.82) is 0 Å². The Morgan fingerprint density at radius 2 is 2.00 bits per heavy atom. The Kier molecular flexibility index (Phi) is 5.72. The summed E-state index contributed by atoms with van der Waals surface area (Å²) in [7, 11) is 1.66. The smallest absolute Gasteiger partial charge is 0.410 e. The second kappa shape index (κ2) is 6.89. The summed E-state index contributed by atoms with van der Waals surface area (Å²) in [6.07, 6.45) is -0.388. The number of likely N-dealkylation sites (N-methyl/N-ethyl adjacent to an activating group) is 1. The molecule has 0 bridgehead atoms. The van der Waals surface area contributed by atoms with Crippen molar-refractivity contribution in [3.05, 3.63) is 22.7 Å². The Bertz CT molecular complexity index is 512. The highest BCUT2D eigenvalue weighted by Crippen LogP contribution is 2.28. The van der Waals surface area contributed by atoms with Gasteiger partial charge in [0.15, 0.2) is 0 Å². The molecule has 0 unspecified atom stereocenters. The molecular formula is C15H23ClN2O3. The van der Waals surface area contributed by atoms with E-state index in [1.807, 2.05) is 27.7 Å². The molecule has 1 aromatic carbocycles. The maximum atomic E-state index is 11.8. The molecule has 0 aliphatic heterocycles. The van der Waals surface area contributed by atoms with Gasteiger partial charge in [-0.1, -0.05) is 11.6 Å². The fourth-order valence-electron chi connectivity index (χ4n) is 1.53. The molecular weight excluding hydrogens is 292 g/mol. The number of amides is 1. The predicted molar refractivity (Wildman–Crippen MR) is 85.0 cm³/mol. The molecule has 1 amide bonds. The first-order valence-corrected chi connectivity index (χ1v) is 7.10. The molecule has 0 aliphatic rings. The number of rotatable bonds is 4. The minimum atomic E-state index is -0.513. The fourth-order valence-corrected chi connectivity index (χ4v) is 1.69. The average molecular weight is 315 g/mol. The monoisotopic (exact) mass is 314 g/mol. The third-order valence-electron chi connectivity index (χ3n) is 2.68. The molecule has 0 spiro atoms. The Hall–Kier alpha value is -1.62. The van der Waals surface area contributed by atoms with Crippen LogP contribution < -0.4 is 10.5 Å². The molecule has 0 heterocycles. The summed E-state index contributed by atoms with van der Waals surface area (Å²) < 4.78 is 10.8. The van der Waals surface area contributed by atoms with Gasteiger partial charge >= 0.3 is 6.09 Å². The predicted octanol–water partition coefficient (Wildman–Crippen LogP) is 3.48. The van der Waals surface area contributed by atoms with E-state index in [2.05, 4.69) is 0 Å². The molecule has 0 saturated carbocycles. The van der Waals surface area contributed by atoms with Crippen LogP contribution >= 0.6 is 11.6 Å². The van der Waals surface area contributed by atoms with Gasteiger partial charge in [-0.2, -0.15) is 0 Å². The number of carbonyl (C=O) groups is 1. The maximum Gasteiger partial charge on any atom is 0.410 e. The highest BCUT2D eigenvalue weighted by Gasteiger charge is 2.19. The van der Waals surface area contributed by atoms with Gasteiger partial charge in [0, 0.05) is 18.1 Å². The number of carbonyl (C=O) groups excluding carboxylic acids is 1. The van der Waals surface area contributed by atoms with Crippen LogP contribution in [0, 0.1) is 6.92 Å². The second-order valence-electron chi connectivity index (χ2n) is 5.89. The molecule has 2 N–H and O–H groups in total. The van der Waals surface area contributed by atoms with E-state index in [0.29, 0.717) is 29.6 Å². The number of anilines is 1. The molecule has 6 heteroatoms. The van der Waals surface area contributed by atoms with Gasteiger partial charge < -0.3 is 20.1 Å². The first-order valence-electron chi connectivity index (χ1n) is 6.72. The molecule has 5 nitrogen and oxygen atoms in total. The quantitative estimate of drug-likeness (QED) is 0.864. The van der Waals surface area contributed by atoms with Gasteiger partial charge in [-0.3, -0.25) is 0 Å². The van der Waals surface area contributed by atoms with Gasteiger partial charge in [-0.15, -0.1) is 0 Å². The van der Waals surface area contributed by atoms with Gasteiger partial charge in [-0.25, -0.2) is 4.79 Å². The normalized spacial score (nSPS) is 11.1. The van der Waals surface area contributed by atoms with E-state index in [0.717, 1.165) is 5.56 Å². The molecule has 0 aromatic heterocycles. The molecule has 0 atom stereocenters. The lowest BCUT2D eigenvalue weighted by Crippen LogP contribution is -2.36. The van der Waals surface area contributed by atoms with E-state index >= 15 is 0 Å². The SMILES string of the molecule is Cc1cc(N)c(OCCN(C)C(=O)OC(C)(C)C)cc1Cl. The topological polar surface area (TPSA) is 64.8 Å².